The van der Waals surface area contributed by atoms with Gasteiger partial charge in [-0.15, -0.1) is 0 Å². The normalized spacial score (nSPS) is 21.0. The standard InChI is InChI=1S/C14H23N3O2S/c1-11-9-19-6-5-17(11)14(18)15-8-13(16(2)3)12-4-7-20-10-12/h4,7,10-11,13H,5-6,8-9H2,1-3H3,(H,15,18)/t11-,13+/m0/s1. The third-order valence-electron chi connectivity index (χ3n) is 3.63. The van der Waals surface area contributed by atoms with E-state index in [1.807, 2.05) is 25.9 Å². The lowest BCUT2D eigenvalue weighted by Gasteiger charge is -2.34. The van der Waals surface area contributed by atoms with Crippen molar-refractivity contribution in [1.82, 2.24) is 15.1 Å². The van der Waals surface area contributed by atoms with Crippen molar-refractivity contribution in [2.45, 2.75) is 19.0 Å². The molecule has 1 aromatic rings. The van der Waals surface area contributed by atoms with Crippen molar-refractivity contribution < 1.29 is 9.53 Å². The SMILES string of the molecule is C[C@H]1COCCN1C(=O)NC[C@H](c1ccsc1)N(C)C. The van der Waals surface area contributed by atoms with Crippen molar-refractivity contribution in [3.63, 3.8) is 0 Å². The Morgan fingerprint density at radius 1 is 1.65 bits per heavy atom. The van der Waals surface area contributed by atoms with Gasteiger partial charge in [-0.1, -0.05) is 0 Å². The van der Waals surface area contributed by atoms with Gasteiger partial charge in [0.2, 0.25) is 0 Å². The van der Waals surface area contributed by atoms with Gasteiger partial charge < -0.3 is 19.9 Å². The summed E-state index contributed by atoms with van der Waals surface area (Å²) in [6.45, 7) is 4.54. The van der Waals surface area contributed by atoms with Crippen molar-refractivity contribution in [2.24, 2.45) is 0 Å². The molecular formula is C14H23N3O2S. The fourth-order valence-electron chi connectivity index (χ4n) is 2.38. The molecule has 5 nitrogen and oxygen atoms in total. The Bertz CT molecular complexity index is 422. The predicted octanol–water partition coefficient (Wildman–Crippen LogP) is 1.78. The van der Waals surface area contributed by atoms with E-state index < -0.39 is 0 Å². The maximum Gasteiger partial charge on any atom is 0.317 e. The van der Waals surface area contributed by atoms with Crippen LogP contribution in [0.2, 0.25) is 0 Å². The van der Waals surface area contributed by atoms with Crippen LogP contribution >= 0.6 is 11.3 Å². The first-order valence-corrected chi connectivity index (χ1v) is 7.84. The molecule has 0 unspecified atom stereocenters. The van der Waals surface area contributed by atoms with Crippen molar-refractivity contribution in [3.05, 3.63) is 22.4 Å². The highest BCUT2D eigenvalue weighted by atomic mass is 32.1. The summed E-state index contributed by atoms with van der Waals surface area (Å²) in [4.78, 5) is 16.2. The maximum atomic E-state index is 12.2. The number of carbonyl (C=O) groups is 1. The molecule has 6 heteroatoms. The molecule has 2 heterocycles. The molecule has 0 saturated carbocycles. The van der Waals surface area contributed by atoms with E-state index in [1.54, 1.807) is 11.3 Å². The largest absolute Gasteiger partial charge is 0.377 e. The predicted molar refractivity (Wildman–Crippen MR) is 81.1 cm³/mol. The number of ether oxygens (including phenoxy) is 1. The molecule has 0 aliphatic carbocycles. The average Bonchev–Trinajstić information content (AvgIpc) is 2.92. The van der Waals surface area contributed by atoms with Crippen molar-refractivity contribution >= 4 is 17.4 Å². The van der Waals surface area contributed by atoms with Gasteiger partial charge in [-0.3, -0.25) is 0 Å². The number of carbonyl (C=O) groups excluding carboxylic acids is 1. The van der Waals surface area contributed by atoms with Crippen LogP contribution in [0.5, 0.6) is 0 Å². The van der Waals surface area contributed by atoms with Crippen LogP contribution in [0.4, 0.5) is 4.79 Å². The van der Waals surface area contributed by atoms with Gasteiger partial charge in [-0.05, 0) is 43.4 Å². The number of nitrogens with zero attached hydrogens (tertiary/aromatic N) is 2. The van der Waals surface area contributed by atoms with Gasteiger partial charge in [0.05, 0.1) is 25.3 Å². The van der Waals surface area contributed by atoms with E-state index in [1.165, 1.54) is 5.56 Å². The third-order valence-corrected chi connectivity index (χ3v) is 4.33. The summed E-state index contributed by atoms with van der Waals surface area (Å²) >= 11 is 1.68. The molecule has 1 fully saturated rings. The molecule has 0 spiro atoms. The molecule has 1 aliphatic rings. The summed E-state index contributed by atoms with van der Waals surface area (Å²) in [5, 5.41) is 7.25. The molecule has 1 saturated heterocycles. The van der Waals surface area contributed by atoms with E-state index in [-0.39, 0.29) is 18.1 Å². The van der Waals surface area contributed by atoms with Crippen LogP contribution in [0.1, 0.15) is 18.5 Å². The number of rotatable bonds is 4. The Labute approximate surface area is 124 Å². The topological polar surface area (TPSA) is 44.8 Å². The lowest BCUT2D eigenvalue weighted by atomic mass is 10.1. The summed E-state index contributed by atoms with van der Waals surface area (Å²) in [7, 11) is 4.07. The number of morpholine rings is 1. The van der Waals surface area contributed by atoms with Crippen molar-refractivity contribution in [1.29, 1.82) is 0 Å². The molecule has 1 aromatic heterocycles. The van der Waals surface area contributed by atoms with Crippen molar-refractivity contribution in [2.75, 3.05) is 40.4 Å². The Balaban J connectivity index is 1.90. The minimum atomic E-state index is 0.00267. The van der Waals surface area contributed by atoms with Gasteiger partial charge >= 0.3 is 6.03 Å². The summed E-state index contributed by atoms with van der Waals surface area (Å²) in [6.07, 6.45) is 0. The quantitative estimate of drug-likeness (QED) is 0.921. The van der Waals surface area contributed by atoms with Crippen LogP contribution in [0.3, 0.4) is 0 Å². The van der Waals surface area contributed by atoms with Crippen LogP contribution in [-0.2, 0) is 4.74 Å². The van der Waals surface area contributed by atoms with Gasteiger partial charge in [0.25, 0.3) is 0 Å². The highest BCUT2D eigenvalue weighted by Gasteiger charge is 2.24. The molecule has 2 rings (SSSR count). The zero-order chi connectivity index (χ0) is 14.5. The number of urea groups is 1. The zero-order valence-electron chi connectivity index (χ0n) is 12.3. The molecule has 2 amide bonds. The fourth-order valence-corrected chi connectivity index (χ4v) is 3.08. The van der Waals surface area contributed by atoms with Crippen LogP contribution in [0, 0.1) is 0 Å². The second-order valence-electron chi connectivity index (χ2n) is 5.34. The second-order valence-corrected chi connectivity index (χ2v) is 6.12. The summed E-state index contributed by atoms with van der Waals surface area (Å²) < 4.78 is 5.36. The van der Waals surface area contributed by atoms with E-state index >= 15 is 0 Å². The summed E-state index contributed by atoms with van der Waals surface area (Å²) in [5.41, 5.74) is 1.25. The monoisotopic (exact) mass is 297 g/mol. The molecule has 0 radical (unpaired) electrons. The Morgan fingerprint density at radius 2 is 2.45 bits per heavy atom. The van der Waals surface area contributed by atoms with Gasteiger partial charge in [0.1, 0.15) is 0 Å². The number of nitrogens with one attached hydrogen (secondary N) is 1. The maximum absolute atomic E-state index is 12.2. The van der Waals surface area contributed by atoms with Gasteiger partial charge in [0, 0.05) is 13.1 Å². The molecule has 1 aliphatic heterocycles. The van der Waals surface area contributed by atoms with E-state index in [0.29, 0.717) is 26.3 Å². The molecule has 2 atom stereocenters. The lowest BCUT2D eigenvalue weighted by molar-refractivity contribution is 0.0187. The minimum absolute atomic E-state index is 0.00267. The first kappa shape index (κ1) is 15.3. The van der Waals surface area contributed by atoms with E-state index in [2.05, 4.69) is 27.0 Å². The summed E-state index contributed by atoms with van der Waals surface area (Å²) in [6, 6.07) is 2.46. The highest BCUT2D eigenvalue weighted by Crippen LogP contribution is 2.20. The van der Waals surface area contributed by atoms with Gasteiger partial charge in [-0.25, -0.2) is 4.79 Å². The minimum Gasteiger partial charge on any atom is -0.377 e. The number of amides is 2. The third kappa shape index (κ3) is 3.71. The van der Waals surface area contributed by atoms with Crippen LogP contribution in [0.25, 0.3) is 0 Å². The van der Waals surface area contributed by atoms with Crippen molar-refractivity contribution in [3.8, 4) is 0 Å². The Kier molecular flexibility index (Phi) is 5.39. The first-order chi connectivity index (χ1) is 9.59. The Morgan fingerprint density at radius 3 is 3.05 bits per heavy atom. The first-order valence-electron chi connectivity index (χ1n) is 6.90. The molecule has 1 N–H and O–H groups in total. The molecule has 0 aromatic carbocycles. The average molecular weight is 297 g/mol. The fraction of sp³-hybridized carbons (Fsp3) is 0.643. The molecule has 0 bridgehead atoms. The number of likely N-dealkylation sites (N-methyl/N-ethyl adjacent to an activating group) is 1. The number of hydrogen-bond acceptors (Lipinski definition) is 4. The van der Waals surface area contributed by atoms with E-state index in [9.17, 15) is 4.79 Å². The Hall–Kier alpha value is -1.11. The van der Waals surface area contributed by atoms with Gasteiger partial charge in [-0.2, -0.15) is 11.3 Å². The molecular weight excluding hydrogens is 274 g/mol. The number of hydrogen-bond donors (Lipinski definition) is 1. The van der Waals surface area contributed by atoms with Crippen LogP contribution in [-0.4, -0.2) is 62.3 Å². The second kappa shape index (κ2) is 7.06. The van der Waals surface area contributed by atoms with Crippen LogP contribution < -0.4 is 5.32 Å². The lowest BCUT2D eigenvalue weighted by Crippen LogP contribution is -2.52. The van der Waals surface area contributed by atoms with E-state index in [0.717, 1.165) is 0 Å². The zero-order valence-corrected chi connectivity index (χ0v) is 13.2. The molecule has 112 valence electrons. The van der Waals surface area contributed by atoms with E-state index in [4.69, 9.17) is 4.74 Å². The highest BCUT2D eigenvalue weighted by molar-refractivity contribution is 7.07. The summed E-state index contributed by atoms with van der Waals surface area (Å²) in [5.74, 6) is 0. The smallest absolute Gasteiger partial charge is 0.317 e. The number of thiophene rings is 1. The molecule has 20 heavy (non-hydrogen) atoms. The van der Waals surface area contributed by atoms with Crippen LogP contribution in [0.15, 0.2) is 16.8 Å². The van der Waals surface area contributed by atoms with Gasteiger partial charge in [0.15, 0.2) is 0 Å².